The maximum atomic E-state index is 13.5. The van der Waals surface area contributed by atoms with Crippen LogP contribution in [0.15, 0.2) is 42.5 Å². The van der Waals surface area contributed by atoms with E-state index in [0.29, 0.717) is 0 Å². The SMILES string of the molecule is O=C(Nc1cc(Cl)ccc1F)Nc1ccccc1C(=O)O. The molecule has 21 heavy (non-hydrogen) atoms. The minimum absolute atomic E-state index is 0.0702. The molecule has 0 fully saturated rings. The zero-order chi connectivity index (χ0) is 15.4. The summed E-state index contributed by atoms with van der Waals surface area (Å²) < 4.78 is 13.5. The van der Waals surface area contributed by atoms with E-state index in [0.717, 1.165) is 6.07 Å². The van der Waals surface area contributed by atoms with Gasteiger partial charge < -0.3 is 15.7 Å². The molecular formula is C14H10ClFN2O3. The van der Waals surface area contributed by atoms with Crippen molar-refractivity contribution in [1.29, 1.82) is 0 Å². The normalized spacial score (nSPS) is 10.0. The summed E-state index contributed by atoms with van der Waals surface area (Å²) in [5.41, 5.74) is -0.0723. The summed E-state index contributed by atoms with van der Waals surface area (Å²) in [7, 11) is 0. The van der Waals surface area contributed by atoms with E-state index in [2.05, 4.69) is 10.6 Å². The van der Waals surface area contributed by atoms with Crippen LogP contribution in [0.3, 0.4) is 0 Å². The number of benzene rings is 2. The Hall–Kier alpha value is -2.60. The van der Waals surface area contributed by atoms with Crippen LogP contribution in [0.25, 0.3) is 0 Å². The Morgan fingerprint density at radius 2 is 1.71 bits per heavy atom. The predicted molar refractivity (Wildman–Crippen MR) is 77.5 cm³/mol. The summed E-state index contributed by atoms with van der Waals surface area (Å²) in [6, 6.07) is 8.81. The van der Waals surface area contributed by atoms with Crippen molar-refractivity contribution in [1.82, 2.24) is 0 Å². The van der Waals surface area contributed by atoms with Crippen LogP contribution < -0.4 is 10.6 Å². The Morgan fingerprint density at radius 1 is 1.05 bits per heavy atom. The third kappa shape index (κ3) is 3.70. The molecule has 0 aliphatic heterocycles. The van der Waals surface area contributed by atoms with Crippen molar-refractivity contribution in [2.75, 3.05) is 10.6 Å². The lowest BCUT2D eigenvalue weighted by atomic mass is 10.2. The smallest absolute Gasteiger partial charge is 0.337 e. The Morgan fingerprint density at radius 3 is 2.43 bits per heavy atom. The number of carboxylic acids is 1. The van der Waals surface area contributed by atoms with E-state index >= 15 is 0 Å². The number of hydrogen-bond donors (Lipinski definition) is 3. The quantitative estimate of drug-likeness (QED) is 0.806. The first-order valence-corrected chi connectivity index (χ1v) is 6.20. The topological polar surface area (TPSA) is 78.4 Å². The number of urea groups is 1. The monoisotopic (exact) mass is 308 g/mol. The van der Waals surface area contributed by atoms with Crippen molar-refractivity contribution in [3.05, 3.63) is 58.9 Å². The van der Waals surface area contributed by atoms with Gasteiger partial charge >= 0.3 is 12.0 Å². The van der Waals surface area contributed by atoms with E-state index in [9.17, 15) is 14.0 Å². The molecule has 2 aromatic rings. The molecule has 5 nitrogen and oxygen atoms in total. The number of rotatable bonds is 3. The summed E-state index contributed by atoms with van der Waals surface area (Å²) in [5.74, 6) is -1.83. The van der Waals surface area contributed by atoms with Gasteiger partial charge in [-0.25, -0.2) is 14.0 Å². The molecule has 0 aromatic heterocycles. The van der Waals surface area contributed by atoms with Crippen LogP contribution in [0.4, 0.5) is 20.6 Å². The summed E-state index contributed by atoms with van der Waals surface area (Å²) in [6.07, 6.45) is 0. The van der Waals surface area contributed by atoms with Crippen molar-refractivity contribution >= 4 is 35.0 Å². The van der Waals surface area contributed by atoms with E-state index in [1.54, 1.807) is 6.07 Å². The fraction of sp³-hybridized carbons (Fsp3) is 0. The highest BCUT2D eigenvalue weighted by atomic mass is 35.5. The van der Waals surface area contributed by atoms with Crippen molar-refractivity contribution in [2.24, 2.45) is 0 Å². The number of carboxylic acid groups (broad SMARTS) is 1. The van der Waals surface area contributed by atoms with Gasteiger partial charge in [-0.05, 0) is 30.3 Å². The zero-order valence-corrected chi connectivity index (χ0v) is 11.3. The van der Waals surface area contributed by atoms with E-state index in [1.807, 2.05) is 0 Å². The second kappa shape index (κ2) is 6.23. The molecule has 0 spiro atoms. The van der Waals surface area contributed by atoms with Gasteiger partial charge in [-0.3, -0.25) is 0 Å². The molecule has 0 heterocycles. The lowest BCUT2D eigenvalue weighted by molar-refractivity contribution is 0.0698. The van der Waals surface area contributed by atoms with Crippen LogP contribution in [0.1, 0.15) is 10.4 Å². The van der Waals surface area contributed by atoms with Crippen molar-refractivity contribution in [3.63, 3.8) is 0 Å². The first kappa shape index (κ1) is 14.8. The fourth-order valence-corrected chi connectivity index (χ4v) is 1.82. The lowest BCUT2D eigenvalue weighted by Gasteiger charge is -2.10. The molecule has 3 N–H and O–H groups in total. The summed E-state index contributed by atoms with van der Waals surface area (Å²) in [4.78, 5) is 22.8. The molecule has 2 aromatic carbocycles. The maximum absolute atomic E-state index is 13.5. The van der Waals surface area contributed by atoms with E-state index in [-0.39, 0.29) is 22.0 Å². The number of nitrogens with one attached hydrogen (secondary N) is 2. The van der Waals surface area contributed by atoms with Crippen LogP contribution >= 0.6 is 11.6 Å². The first-order valence-electron chi connectivity index (χ1n) is 5.83. The third-order valence-electron chi connectivity index (χ3n) is 2.58. The second-order valence-electron chi connectivity index (χ2n) is 4.05. The fourth-order valence-electron chi connectivity index (χ4n) is 1.65. The lowest BCUT2D eigenvalue weighted by Crippen LogP contribution is -2.21. The number of carbonyl (C=O) groups is 2. The van der Waals surface area contributed by atoms with Gasteiger partial charge in [0.25, 0.3) is 0 Å². The van der Waals surface area contributed by atoms with Crippen LogP contribution in [0, 0.1) is 5.82 Å². The number of anilines is 2. The molecule has 0 saturated carbocycles. The van der Waals surface area contributed by atoms with Crippen LogP contribution in [0.5, 0.6) is 0 Å². The maximum Gasteiger partial charge on any atom is 0.337 e. The summed E-state index contributed by atoms with van der Waals surface area (Å²) >= 11 is 5.71. The molecule has 0 radical (unpaired) electrons. The average molecular weight is 309 g/mol. The number of aromatic carboxylic acids is 1. The highest BCUT2D eigenvalue weighted by molar-refractivity contribution is 6.30. The number of halogens is 2. The number of amides is 2. The summed E-state index contributed by atoms with van der Waals surface area (Å²) in [5, 5.41) is 13.9. The minimum atomic E-state index is -1.18. The molecule has 7 heteroatoms. The third-order valence-corrected chi connectivity index (χ3v) is 2.82. The van der Waals surface area contributed by atoms with E-state index < -0.39 is 17.8 Å². The van der Waals surface area contributed by atoms with Crippen LogP contribution in [0.2, 0.25) is 5.02 Å². The number of carbonyl (C=O) groups excluding carboxylic acids is 1. The average Bonchev–Trinajstić information content (AvgIpc) is 2.43. The van der Waals surface area contributed by atoms with Crippen LogP contribution in [-0.2, 0) is 0 Å². The molecule has 0 bridgehead atoms. The minimum Gasteiger partial charge on any atom is -0.478 e. The molecular weight excluding hydrogens is 299 g/mol. The first-order chi connectivity index (χ1) is 9.97. The predicted octanol–water partition coefficient (Wildman–Crippen LogP) is 3.82. The summed E-state index contributed by atoms with van der Waals surface area (Å²) in [6.45, 7) is 0. The Kier molecular flexibility index (Phi) is 4.39. The van der Waals surface area contributed by atoms with Gasteiger partial charge in [-0.2, -0.15) is 0 Å². The van der Waals surface area contributed by atoms with Crippen LogP contribution in [-0.4, -0.2) is 17.1 Å². The van der Waals surface area contributed by atoms with Gasteiger partial charge in [0, 0.05) is 5.02 Å². The van der Waals surface area contributed by atoms with E-state index in [1.165, 1.54) is 30.3 Å². The van der Waals surface area contributed by atoms with Gasteiger partial charge in [0.2, 0.25) is 0 Å². The van der Waals surface area contributed by atoms with Gasteiger partial charge in [-0.1, -0.05) is 23.7 Å². The molecule has 0 saturated heterocycles. The zero-order valence-electron chi connectivity index (χ0n) is 10.6. The molecule has 0 unspecified atom stereocenters. The molecule has 0 aliphatic carbocycles. The van der Waals surface area contributed by atoms with Gasteiger partial charge in [0.05, 0.1) is 16.9 Å². The van der Waals surface area contributed by atoms with E-state index in [4.69, 9.17) is 16.7 Å². The molecule has 0 atom stereocenters. The Balaban J connectivity index is 2.16. The molecule has 2 amide bonds. The standard InChI is InChI=1S/C14H10ClFN2O3/c15-8-5-6-10(16)12(7-8)18-14(21)17-11-4-2-1-3-9(11)13(19)20/h1-7H,(H,19,20)(H2,17,18,21). The van der Waals surface area contributed by atoms with Gasteiger partial charge in [0.1, 0.15) is 5.82 Å². The largest absolute Gasteiger partial charge is 0.478 e. The van der Waals surface area contributed by atoms with Crippen molar-refractivity contribution < 1.29 is 19.1 Å². The molecule has 108 valence electrons. The van der Waals surface area contributed by atoms with Crippen molar-refractivity contribution in [2.45, 2.75) is 0 Å². The molecule has 2 rings (SSSR count). The second-order valence-corrected chi connectivity index (χ2v) is 4.49. The highest BCUT2D eigenvalue weighted by Gasteiger charge is 2.13. The molecule has 0 aliphatic rings. The Bertz CT molecular complexity index is 706. The number of para-hydroxylation sites is 1. The highest BCUT2D eigenvalue weighted by Crippen LogP contribution is 2.20. The number of hydrogen-bond acceptors (Lipinski definition) is 2. The van der Waals surface area contributed by atoms with Gasteiger partial charge in [0.15, 0.2) is 0 Å². The van der Waals surface area contributed by atoms with Gasteiger partial charge in [-0.15, -0.1) is 0 Å². The Labute approximate surface area is 124 Å². The van der Waals surface area contributed by atoms with Crippen molar-refractivity contribution in [3.8, 4) is 0 Å².